The maximum Gasteiger partial charge on any atom is 0.490 e. The summed E-state index contributed by atoms with van der Waals surface area (Å²) in [6.45, 7) is 4.56. The average molecular weight is 298 g/mol. The van der Waals surface area contributed by atoms with Crippen LogP contribution >= 0.6 is 0 Å². The van der Waals surface area contributed by atoms with Gasteiger partial charge >= 0.3 is 12.1 Å². The molecule has 0 aromatic rings. The zero-order chi connectivity index (χ0) is 15.9. The van der Waals surface area contributed by atoms with Crippen molar-refractivity contribution in [2.45, 2.75) is 90.7 Å². The summed E-state index contributed by atoms with van der Waals surface area (Å²) < 4.78 is 31.7. The molecule has 0 heterocycles. The molecule has 0 aromatic carbocycles. The number of carbonyl (C=O) groups is 1. The summed E-state index contributed by atoms with van der Waals surface area (Å²) in [6.07, 6.45) is 10.9. The highest BCUT2D eigenvalue weighted by atomic mass is 19.4. The Hall–Kier alpha value is -0.740. The summed E-state index contributed by atoms with van der Waals surface area (Å²) in [5.74, 6) is -2.76. The molecule has 0 saturated carbocycles. The van der Waals surface area contributed by atoms with Crippen LogP contribution in [-0.4, -0.2) is 17.3 Å². The minimum Gasteiger partial charge on any atom is -0.475 e. The molecular weight excluding hydrogens is 269 g/mol. The van der Waals surface area contributed by atoms with E-state index >= 15 is 0 Å². The van der Waals surface area contributed by atoms with Crippen molar-refractivity contribution >= 4 is 5.97 Å². The SMILES string of the molecule is CCCCCCCCCCCCC.O=C(O)C(F)(F)F. The van der Waals surface area contributed by atoms with Crippen molar-refractivity contribution in [1.82, 2.24) is 0 Å². The highest BCUT2D eigenvalue weighted by Crippen LogP contribution is 2.13. The van der Waals surface area contributed by atoms with Gasteiger partial charge in [0.05, 0.1) is 0 Å². The molecule has 0 rings (SSSR count). The molecule has 0 radical (unpaired) electrons. The van der Waals surface area contributed by atoms with Crippen LogP contribution in [0, 0.1) is 0 Å². The van der Waals surface area contributed by atoms with Crippen LogP contribution < -0.4 is 0 Å². The Morgan fingerprint density at radius 2 is 0.950 bits per heavy atom. The normalized spacial score (nSPS) is 10.8. The van der Waals surface area contributed by atoms with Crippen LogP contribution in [0.3, 0.4) is 0 Å². The van der Waals surface area contributed by atoms with E-state index in [1.165, 1.54) is 70.6 Å². The summed E-state index contributed by atoms with van der Waals surface area (Å²) in [7, 11) is 0. The fourth-order valence-electron chi connectivity index (χ4n) is 1.74. The third kappa shape index (κ3) is 19.6. The maximum atomic E-state index is 10.6. The lowest BCUT2D eigenvalue weighted by Crippen LogP contribution is -2.21. The van der Waals surface area contributed by atoms with Crippen LogP contribution in [0.15, 0.2) is 0 Å². The lowest BCUT2D eigenvalue weighted by atomic mass is 10.1. The van der Waals surface area contributed by atoms with Gasteiger partial charge in [-0.15, -0.1) is 0 Å². The highest BCUT2D eigenvalue weighted by molar-refractivity contribution is 5.73. The van der Waals surface area contributed by atoms with E-state index in [4.69, 9.17) is 9.90 Å². The van der Waals surface area contributed by atoms with Crippen molar-refractivity contribution in [2.24, 2.45) is 0 Å². The van der Waals surface area contributed by atoms with Gasteiger partial charge in [0.15, 0.2) is 0 Å². The van der Waals surface area contributed by atoms with Gasteiger partial charge < -0.3 is 5.11 Å². The Morgan fingerprint density at radius 3 is 1.10 bits per heavy atom. The molecule has 2 nitrogen and oxygen atoms in total. The van der Waals surface area contributed by atoms with E-state index in [0.717, 1.165) is 0 Å². The lowest BCUT2D eigenvalue weighted by molar-refractivity contribution is -0.192. The van der Waals surface area contributed by atoms with Gasteiger partial charge in [0.2, 0.25) is 0 Å². The Kier molecular flexibility index (Phi) is 15.8. The number of halogens is 3. The zero-order valence-corrected chi connectivity index (χ0v) is 12.8. The second-order valence-electron chi connectivity index (χ2n) is 4.98. The summed E-state index contributed by atoms with van der Waals surface area (Å²) in [4.78, 5) is 8.90. The molecule has 0 spiro atoms. The van der Waals surface area contributed by atoms with Gasteiger partial charge in [-0.1, -0.05) is 84.5 Å². The highest BCUT2D eigenvalue weighted by Gasteiger charge is 2.38. The first-order chi connectivity index (χ1) is 9.36. The number of carboxylic acids is 1. The fourth-order valence-corrected chi connectivity index (χ4v) is 1.74. The number of unbranched alkanes of at least 4 members (excludes halogenated alkanes) is 10. The molecule has 5 heteroatoms. The molecule has 0 bridgehead atoms. The van der Waals surface area contributed by atoms with E-state index < -0.39 is 12.1 Å². The third-order valence-corrected chi connectivity index (χ3v) is 2.95. The van der Waals surface area contributed by atoms with Gasteiger partial charge in [0.25, 0.3) is 0 Å². The molecule has 1 N–H and O–H groups in total. The van der Waals surface area contributed by atoms with Gasteiger partial charge in [-0.05, 0) is 0 Å². The van der Waals surface area contributed by atoms with Crippen LogP contribution in [0.4, 0.5) is 13.2 Å². The van der Waals surface area contributed by atoms with Gasteiger partial charge in [0, 0.05) is 0 Å². The Bertz CT molecular complexity index is 206. The van der Waals surface area contributed by atoms with Crippen LogP contribution in [-0.2, 0) is 4.79 Å². The summed E-state index contributed by atoms with van der Waals surface area (Å²) in [5, 5.41) is 7.12. The van der Waals surface area contributed by atoms with E-state index in [0.29, 0.717) is 0 Å². The monoisotopic (exact) mass is 298 g/mol. The van der Waals surface area contributed by atoms with Crippen molar-refractivity contribution < 1.29 is 23.1 Å². The summed E-state index contributed by atoms with van der Waals surface area (Å²) >= 11 is 0. The minimum atomic E-state index is -5.08. The minimum absolute atomic E-state index is 1.37. The predicted octanol–water partition coefficient (Wildman–Crippen LogP) is 5.95. The van der Waals surface area contributed by atoms with Crippen molar-refractivity contribution in [2.75, 3.05) is 0 Å². The molecular formula is C15H29F3O2. The second-order valence-corrected chi connectivity index (χ2v) is 4.98. The van der Waals surface area contributed by atoms with E-state index in [1.54, 1.807) is 0 Å². The number of hydrogen-bond donors (Lipinski definition) is 1. The Balaban J connectivity index is 0. The number of rotatable bonds is 10. The summed E-state index contributed by atoms with van der Waals surface area (Å²) in [6, 6.07) is 0. The van der Waals surface area contributed by atoms with Crippen molar-refractivity contribution in [1.29, 1.82) is 0 Å². The Labute approximate surface area is 120 Å². The van der Waals surface area contributed by atoms with Gasteiger partial charge in [-0.2, -0.15) is 13.2 Å². The number of carboxylic acid groups (broad SMARTS) is 1. The van der Waals surface area contributed by atoms with Gasteiger partial charge in [0.1, 0.15) is 0 Å². The average Bonchev–Trinajstić information content (AvgIpc) is 2.36. The molecule has 20 heavy (non-hydrogen) atoms. The topological polar surface area (TPSA) is 37.3 Å². The number of alkyl halides is 3. The molecule has 0 aliphatic carbocycles. The first-order valence-electron chi connectivity index (χ1n) is 7.66. The largest absolute Gasteiger partial charge is 0.490 e. The van der Waals surface area contributed by atoms with Gasteiger partial charge in [-0.3, -0.25) is 0 Å². The van der Waals surface area contributed by atoms with Crippen molar-refractivity contribution in [3.05, 3.63) is 0 Å². The predicted molar refractivity (Wildman–Crippen MR) is 75.8 cm³/mol. The van der Waals surface area contributed by atoms with Crippen LogP contribution in [0.5, 0.6) is 0 Å². The summed E-state index contributed by atoms with van der Waals surface area (Å²) in [5.41, 5.74) is 0. The standard InChI is InChI=1S/C13H28.C2HF3O2/c1-3-5-7-9-11-13-12-10-8-6-4-2;3-2(4,5)1(6)7/h3-13H2,1-2H3;(H,6,7). The van der Waals surface area contributed by atoms with E-state index in [1.807, 2.05) is 0 Å². The zero-order valence-electron chi connectivity index (χ0n) is 12.8. The Morgan fingerprint density at radius 1 is 0.750 bits per heavy atom. The van der Waals surface area contributed by atoms with Crippen LogP contribution in [0.2, 0.25) is 0 Å². The number of hydrogen-bond acceptors (Lipinski definition) is 1. The molecule has 0 aliphatic rings. The van der Waals surface area contributed by atoms with Gasteiger partial charge in [-0.25, -0.2) is 4.79 Å². The van der Waals surface area contributed by atoms with Crippen molar-refractivity contribution in [3.63, 3.8) is 0 Å². The lowest BCUT2D eigenvalue weighted by Gasteiger charge is -2.00. The molecule has 0 amide bonds. The van der Waals surface area contributed by atoms with Crippen LogP contribution in [0.1, 0.15) is 84.5 Å². The number of aliphatic carboxylic acids is 1. The molecule has 0 atom stereocenters. The molecule has 0 unspecified atom stereocenters. The maximum absolute atomic E-state index is 10.6. The molecule has 0 fully saturated rings. The van der Waals surface area contributed by atoms with E-state index in [9.17, 15) is 13.2 Å². The first kappa shape index (κ1) is 21.6. The van der Waals surface area contributed by atoms with E-state index in [-0.39, 0.29) is 0 Å². The third-order valence-electron chi connectivity index (χ3n) is 2.95. The van der Waals surface area contributed by atoms with E-state index in [2.05, 4.69) is 13.8 Å². The fraction of sp³-hybridized carbons (Fsp3) is 0.933. The molecule has 0 saturated heterocycles. The molecule has 122 valence electrons. The quantitative estimate of drug-likeness (QED) is 0.506. The van der Waals surface area contributed by atoms with Crippen LogP contribution in [0.25, 0.3) is 0 Å². The first-order valence-corrected chi connectivity index (χ1v) is 7.66. The smallest absolute Gasteiger partial charge is 0.475 e. The molecule has 0 aromatic heterocycles. The van der Waals surface area contributed by atoms with Crippen molar-refractivity contribution in [3.8, 4) is 0 Å². The second kappa shape index (κ2) is 14.7. The molecule has 0 aliphatic heterocycles.